The highest BCUT2D eigenvalue weighted by molar-refractivity contribution is 9.10. The fourth-order valence-electron chi connectivity index (χ4n) is 1.65. The van der Waals surface area contributed by atoms with Crippen LogP contribution in [-0.2, 0) is 6.54 Å². The number of carboxylic acids is 1. The fraction of sp³-hybridized carbons (Fsp3) is 0.0714. The lowest BCUT2D eigenvalue weighted by molar-refractivity contribution is 0.0698. The summed E-state index contributed by atoms with van der Waals surface area (Å²) in [5, 5.41) is 12.9. The quantitative estimate of drug-likeness (QED) is 0.866. The first-order valence-electron chi connectivity index (χ1n) is 5.57. The van der Waals surface area contributed by atoms with Crippen LogP contribution in [0.5, 0.6) is 0 Å². The van der Waals surface area contributed by atoms with Crippen LogP contribution in [0.3, 0.4) is 0 Å². The topological polar surface area (TPSA) is 49.3 Å². The van der Waals surface area contributed by atoms with Crippen molar-refractivity contribution >= 4 is 39.2 Å². The van der Waals surface area contributed by atoms with E-state index in [0.717, 1.165) is 10.0 Å². The number of hydrogen-bond donors (Lipinski definition) is 2. The van der Waals surface area contributed by atoms with Gasteiger partial charge in [-0.1, -0.05) is 39.7 Å². The Balaban J connectivity index is 2.16. The van der Waals surface area contributed by atoms with E-state index < -0.39 is 5.97 Å². The number of nitrogens with one attached hydrogen (secondary N) is 1. The van der Waals surface area contributed by atoms with Crippen LogP contribution in [0.25, 0.3) is 0 Å². The number of carbonyl (C=O) groups is 1. The number of halogens is 2. The summed E-state index contributed by atoms with van der Waals surface area (Å²) in [7, 11) is 0. The summed E-state index contributed by atoms with van der Waals surface area (Å²) in [4.78, 5) is 11.1. The molecule has 0 aliphatic heterocycles. The maximum absolute atomic E-state index is 11.1. The summed E-state index contributed by atoms with van der Waals surface area (Å²) in [5.41, 5.74) is 1.86. The average Bonchev–Trinajstić information content (AvgIpc) is 2.38. The summed E-state index contributed by atoms with van der Waals surface area (Å²) in [6.45, 7) is 0.536. The zero-order valence-corrected chi connectivity index (χ0v) is 12.2. The van der Waals surface area contributed by atoms with Gasteiger partial charge in [0.15, 0.2) is 0 Å². The molecule has 0 bridgehead atoms. The van der Waals surface area contributed by atoms with E-state index in [1.54, 1.807) is 30.3 Å². The van der Waals surface area contributed by atoms with Crippen LogP contribution in [0.1, 0.15) is 15.9 Å². The minimum atomic E-state index is -0.953. The van der Waals surface area contributed by atoms with Crippen molar-refractivity contribution in [2.45, 2.75) is 6.54 Å². The van der Waals surface area contributed by atoms with E-state index in [0.29, 0.717) is 17.3 Å². The normalized spacial score (nSPS) is 10.2. The van der Waals surface area contributed by atoms with Crippen LogP contribution in [0.15, 0.2) is 46.9 Å². The van der Waals surface area contributed by atoms with E-state index in [2.05, 4.69) is 21.2 Å². The van der Waals surface area contributed by atoms with Gasteiger partial charge in [-0.25, -0.2) is 4.79 Å². The number of rotatable bonds is 4. The minimum absolute atomic E-state index is 0.247. The van der Waals surface area contributed by atoms with Crippen LogP contribution in [-0.4, -0.2) is 11.1 Å². The molecule has 5 heteroatoms. The Morgan fingerprint density at radius 2 is 1.89 bits per heavy atom. The summed E-state index contributed by atoms with van der Waals surface area (Å²) in [6, 6.07) is 12.4. The van der Waals surface area contributed by atoms with E-state index in [1.165, 1.54) is 0 Å². The van der Waals surface area contributed by atoms with Gasteiger partial charge in [-0.15, -0.1) is 0 Å². The van der Waals surface area contributed by atoms with Gasteiger partial charge in [0.25, 0.3) is 0 Å². The van der Waals surface area contributed by atoms with Crippen molar-refractivity contribution in [1.29, 1.82) is 0 Å². The molecule has 0 unspecified atom stereocenters. The van der Waals surface area contributed by atoms with Gasteiger partial charge in [-0.05, 0) is 35.9 Å². The van der Waals surface area contributed by atoms with Gasteiger partial charge in [0, 0.05) is 16.0 Å². The molecule has 0 atom stereocenters. The van der Waals surface area contributed by atoms with Gasteiger partial charge < -0.3 is 10.4 Å². The Bertz CT molecular complexity index is 599. The van der Waals surface area contributed by atoms with E-state index in [1.807, 2.05) is 12.1 Å². The molecule has 0 fully saturated rings. The SMILES string of the molecule is O=C(O)c1ccc(Br)cc1NCc1ccc(Cl)cc1. The maximum atomic E-state index is 11.1. The second-order valence-corrected chi connectivity index (χ2v) is 5.33. The van der Waals surface area contributed by atoms with Crippen LogP contribution >= 0.6 is 27.5 Å². The van der Waals surface area contributed by atoms with Crippen molar-refractivity contribution in [3.05, 3.63) is 63.1 Å². The van der Waals surface area contributed by atoms with Crippen molar-refractivity contribution in [3.63, 3.8) is 0 Å². The number of anilines is 1. The third-order valence-corrected chi connectivity index (χ3v) is 3.35. The summed E-state index contributed by atoms with van der Waals surface area (Å²) >= 11 is 9.14. The standard InChI is InChI=1S/C14H11BrClNO2/c15-10-3-6-12(14(18)19)13(7-10)17-8-9-1-4-11(16)5-2-9/h1-7,17H,8H2,(H,18,19). The molecular formula is C14H11BrClNO2. The van der Waals surface area contributed by atoms with Gasteiger partial charge in [0.05, 0.1) is 11.3 Å². The summed E-state index contributed by atoms with van der Waals surface area (Å²) < 4.78 is 0.830. The molecule has 19 heavy (non-hydrogen) atoms. The smallest absolute Gasteiger partial charge is 0.337 e. The molecule has 0 amide bonds. The number of carboxylic acid groups (broad SMARTS) is 1. The lowest BCUT2D eigenvalue weighted by Crippen LogP contribution is -2.06. The van der Waals surface area contributed by atoms with Crippen LogP contribution in [0, 0.1) is 0 Å². The van der Waals surface area contributed by atoms with E-state index in [-0.39, 0.29) is 5.56 Å². The molecule has 3 nitrogen and oxygen atoms in total. The van der Waals surface area contributed by atoms with Crippen molar-refractivity contribution in [2.75, 3.05) is 5.32 Å². The zero-order chi connectivity index (χ0) is 13.8. The highest BCUT2D eigenvalue weighted by Crippen LogP contribution is 2.22. The monoisotopic (exact) mass is 339 g/mol. The number of hydrogen-bond acceptors (Lipinski definition) is 2. The lowest BCUT2D eigenvalue weighted by Gasteiger charge is -2.10. The molecule has 2 rings (SSSR count). The first-order valence-corrected chi connectivity index (χ1v) is 6.74. The zero-order valence-electron chi connectivity index (χ0n) is 9.86. The Hall–Kier alpha value is -1.52. The highest BCUT2D eigenvalue weighted by atomic mass is 79.9. The molecule has 2 N–H and O–H groups in total. The molecule has 0 aromatic heterocycles. The second-order valence-electron chi connectivity index (χ2n) is 3.98. The molecule has 2 aromatic rings. The van der Waals surface area contributed by atoms with Crippen LogP contribution in [0.2, 0.25) is 5.02 Å². The Morgan fingerprint density at radius 1 is 1.21 bits per heavy atom. The van der Waals surface area contributed by atoms with Crippen molar-refractivity contribution in [2.24, 2.45) is 0 Å². The van der Waals surface area contributed by atoms with E-state index >= 15 is 0 Å². The fourth-order valence-corrected chi connectivity index (χ4v) is 2.14. The molecule has 0 saturated carbocycles. The van der Waals surface area contributed by atoms with Crippen molar-refractivity contribution < 1.29 is 9.90 Å². The van der Waals surface area contributed by atoms with Gasteiger partial charge in [0.1, 0.15) is 0 Å². The third kappa shape index (κ3) is 3.72. The molecular weight excluding hydrogens is 330 g/mol. The van der Waals surface area contributed by atoms with Gasteiger partial charge in [-0.2, -0.15) is 0 Å². The third-order valence-electron chi connectivity index (χ3n) is 2.61. The van der Waals surface area contributed by atoms with Crippen molar-refractivity contribution in [3.8, 4) is 0 Å². The molecule has 0 aliphatic carbocycles. The molecule has 0 spiro atoms. The predicted octanol–water partition coefficient (Wildman–Crippen LogP) is 4.41. The Morgan fingerprint density at radius 3 is 2.53 bits per heavy atom. The molecule has 0 saturated heterocycles. The molecule has 0 aliphatic rings. The summed E-state index contributed by atoms with van der Waals surface area (Å²) in [5.74, 6) is -0.953. The molecule has 0 heterocycles. The number of aromatic carboxylic acids is 1. The molecule has 0 radical (unpaired) electrons. The first-order chi connectivity index (χ1) is 9.06. The largest absolute Gasteiger partial charge is 0.478 e. The van der Waals surface area contributed by atoms with Crippen LogP contribution in [0.4, 0.5) is 5.69 Å². The van der Waals surface area contributed by atoms with Gasteiger partial charge in [0.2, 0.25) is 0 Å². The van der Waals surface area contributed by atoms with E-state index in [9.17, 15) is 4.79 Å². The maximum Gasteiger partial charge on any atom is 0.337 e. The lowest BCUT2D eigenvalue weighted by atomic mass is 10.1. The minimum Gasteiger partial charge on any atom is -0.478 e. The second kappa shape index (κ2) is 6.08. The molecule has 2 aromatic carbocycles. The Labute approximate surface area is 124 Å². The first kappa shape index (κ1) is 13.9. The van der Waals surface area contributed by atoms with Crippen LogP contribution < -0.4 is 5.32 Å². The predicted molar refractivity (Wildman–Crippen MR) is 79.9 cm³/mol. The van der Waals surface area contributed by atoms with Crippen molar-refractivity contribution in [1.82, 2.24) is 0 Å². The number of benzene rings is 2. The van der Waals surface area contributed by atoms with Gasteiger partial charge >= 0.3 is 5.97 Å². The summed E-state index contributed by atoms with van der Waals surface area (Å²) in [6.07, 6.45) is 0. The Kier molecular flexibility index (Phi) is 4.45. The van der Waals surface area contributed by atoms with E-state index in [4.69, 9.17) is 16.7 Å². The van der Waals surface area contributed by atoms with Gasteiger partial charge in [-0.3, -0.25) is 0 Å². The highest BCUT2D eigenvalue weighted by Gasteiger charge is 2.09. The molecule has 98 valence electrons. The average molecular weight is 341 g/mol.